The molecule has 1 unspecified atom stereocenters. The molecule has 1 aliphatic rings. The molecule has 0 radical (unpaired) electrons. The lowest BCUT2D eigenvalue weighted by molar-refractivity contribution is -0.121. The summed E-state index contributed by atoms with van der Waals surface area (Å²) in [4.78, 5) is 38.9. The van der Waals surface area contributed by atoms with Gasteiger partial charge in [0.25, 0.3) is 11.8 Å². The Balaban J connectivity index is 1.60. The fraction of sp³-hybridized carbons (Fsp3) is 0.455. The fourth-order valence-corrected chi connectivity index (χ4v) is 3.34. The Labute approximate surface area is 180 Å². The second-order valence-electron chi connectivity index (χ2n) is 7.73. The summed E-state index contributed by atoms with van der Waals surface area (Å²) in [6.07, 6.45) is 1.71. The smallest absolute Gasteiger partial charge is 0.272 e. The first-order chi connectivity index (χ1) is 14.9. The predicted octanol–water partition coefficient (Wildman–Crippen LogP) is 2.10. The van der Waals surface area contributed by atoms with E-state index >= 15 is 0 Å². The molecular weight excluding hydrogens is 401 g/mol. The van der Waals surface area contributed by atoms with Crippen LogP contribution < -0.4 is 10.6 Å². The molecule has 0 saturated heterocycles. The van der Waals surface area contributed by atoms with Crippen LogP contribution in [0.2, 0.25) is 0 Å². The summed E-state index contributed by atoms with van der Waals surface area (Å²) in [6, 6.07) is 7.62. The number of aromatic nitrogens is 2. The number of nitrogens with one attached hydrogen (secondary N) is 2. The van der Waals surface area contributed by atoms with E-state index in [1.807, 2.05) is 13.8 Å². The van der Waals surface area contributed by atoms with Gasteiger partial charge in [0.05, 0.1) is 0 Å². The number of hydrogen-bond donors (Lipinski definition) is 2. The summed E-state index contributed by atoms with van der Waals surface area (Å²) in [7, 11) is 0. The van der Waals surface area contributed by atoms with Crippen LogP contribution in [-0.4, -0.2) is 51.5 Å². The minimum Gasteiger partial charge on any atom is -0.354 e. The van der Waals surface area contributed by atoms with E-state index in [1.54, 1.807) is 21.7 Å². The van der Waals surface area contributed by atoms with Gasteiger partial charge in [-0.25, -0.2) is 4.39 Å². The van der Waals surface area contributed by atoms with E-state index in [0.29, 0.717) is 31.7 Å². The maximum absolute atomic E-state index is 13.1. The molecule has 1 atom stereocenters. The van der Waals surface area contributed by atoms with E-state index < -0.39 is 5.91 Å². The number of nitrogens with zero attached hydrogens (tertiary/aromatic N) is 3. The quantitative estimate of drug-likeness (QED) is 0.672. The molecule has 0 fully saturated rings. The highest BCUT2D eigenvalue weighted by atomic mass is 19.1. The summed E-state index contributed by atoms with van der Waals surface area (Å²) in [6.45, 7) is 5.52. The van der Waals surface area contributed by atoms with Crippen LogP contribution in [0, 0.1) is 5.82 Å². The summed E-state index contributed by atoms with van der Waals surface area (Å²) >= 11 is 0. The second-order valence-corrected chi connectivity index (χ2v) is 7.73. The van der Waals surface area contributed by atoms with E-state index in [9.17, 15) is 18.8 Å². The van der Waals surface area contributed by atoms with E-state index in [1.165, 1.54) is 18.2 Å². The molecule has 166 valence electrons. The van der Waals surface area contributed by atoms with Crippen LogP contribution in [0.25, 0.3) is 0 Å². The van der Waals surface area contributed by atoms with E-state index in [2.05, 4.69) is 15.7 Å². The van der Waals surface area contributed by atoms with Crippen LogP contribution in [0.1, 0.15) is 59.7 Å². The molecule has 2 aromatic rings. The van der Waals surface area contributed by atoms with Crippen molar-refractivity contribution in [3.05, 3.63) is 53.1 Å². The second kappa shape index (κ2) is 10.2. The van der Waals surface area contributed by atoms with Gasteiger partial charge < -0.3 is 15.5 Å². The molecule has 2 heterocycles. The first-order valence-corrected chi connectivity index (χ1v) is 10.6. The highest BCUT2D eigenvalue weighted by molar-refractivity contribution is 5.98. The Morgan fingerprint density at radius 3 is 2.68 bits per heavy atom. The monoisotopic (exact) mass is 429 g/mol. The molecule has 0 bridgehead atoms. The largest absolute Gasteiger partial charge is 0.354 e. The average molecular weight is 429 g/mol. The van der Waals surface area contributed by atoms with Crippen molar-refractivity contribution in [2.45, 2.75) is 52.2 Å². The van der Waals surface area contributed by atoms with Crippen LogP contribution >= 0.6 is 0 Å². The van der Waals surface area contributed by atoms with Crippen molar-refractivity contribution in [3.8, 4) is 0 Å². The molecule has 9 heteroatoms. The zero-order valence-corrected chi connectivity index (χ0v) is 17.9. The molecule has 1 aromatic heterocycles. The highest BCUT2D eigenvalue weighted by Crippen LogP contribution is 2.17. The van der Waals surface area contributed by atoms with Gasteiger partial charge in [-0.3, -0.25) is 19.1 Å². The third-order valence-corrected chi connectivity index (χ3v) is 5.26. The number of rotatable bonds is 8. The maximum atomic E-state index is 13.1. The number of carbonyl (C=O) groups is 3. The van der Waals surface area contributed by atoms with Crippen LogP contribution in [0.3, 0.4) is 0 Å². The normalized spacial score (nSPS) is 14.5. The SMILES string of the molecule is CCC(C)NC(=O)CCNC(=O)c1cc2n(n1)CCCN(Cc1ccc(F)cc1)C2=O. The molecule has 8 nitrogen and oxygen atoms in total. The maximum Gasteiger partial charge on any atom is 0.272 e. The van der Waals surface area contributed by atoms with Crippen LogP contribution in [0.4, 0.5) is 4.39 Å². The molecule has 3 amide bonds. The van der Waals surface area contributed by atoms with Gasteiger partial charge in [-0.1, -0.05) is 19.1 Å². The molecule has 1 aromatic carbocycles. The van der Waals surface area contributed by atoms with Gasteiger partial charge in [-0.05, 0) is 37.5 Å². The Bertz CT molecular complexity index is 941. The lowest BCUT2D eigenvalue weighted by atomic mass is 10.2. The first kappa shape index (κ1) is 22.5. The fourth-order valence-electron chi connectivity index (χ4n) is 3.34. The summed E-state index contributed by atoms with van der Waals surface area (Å²) in [5.74, 6) is -1.09. The number of hydrogen-bond acceptors (Lipinski definition) is 4. The first-order valence-electron chi connectivity index (χ1n) is 10.6. The number of carbonyl (C=O) groups excluding carboxylic acids is 3. The van der Waals surface area contributed by atoms with Gasteiger partial charge in [-0.2, -0.15) is 5.10 Å². The lowest BCUT2D eigenvalue weighted by Crippen LogP contribution is -2.35. The van der Waals surface area contributed by atoms with Crippen molar-refractivity contribution in [3.63, 3.8) is 0 Å². The summed E-state index contributed by atoms with van der Waals surface area (Å²) in [5.41, 5.74) is 1.32. The highest BCUT2D eigenvalue weighted by Gasteiger charge is 2.26. The molecule has 2 N–H and O–H groups in total. The van der Waals surface area contributed by atoms with Gasteiger partial charge in [0.1, 0.15) is 11.5 Å². The van der Waals surface area contributed by atoms with Crippen LogP contribution in [-0.2, 0) is 17.9 Å². The topological polar surface area (TPSA) is 96.3 Å². The zero-order valence-electron chi connectivity index (χ0n) is 17.9. The van der Waals surface area contributed by atoms with Crippen molar-refractivity contribution in [2.24, 2.45) is 0 Å². The van der Waals surface area contributed by atoms with Crippen LogP contribution in [0.15, 0.2) is 30.3 Å². The third-order valence-electron chi connectivity index (χ3n) is 5.26. The number of aryl methyl sites for hydroxylation is 1. The van der Waals surface area contributed by atoms with Crippen molar-refractivity contribution >= 4 is 17.7 Å². The van der Waals surface area contributed by atoms with Crippen LogP contribution in [0.5, 0.6) is 0 Å². The van der Waals surface area contributed by atoms with E-state index in [-0.39, 0.29) is 42.3 Å². The molecule has 31 heavy (non-hydrogen) atoms. The molecule has 0 saturated carbocycles. The Kier molecular flexibility index (Phi) is 7.38. The molecule has 0 aliphatic carbocycles. The summed E-state index contributed by atoms with van der Waals surface area (Å²) in [5, 5.41) is 9.80. The summed E-state index contributed by atoms with van der Waals surface area (Å²) < 4.78 is 14.7. The van der Waals surface area contributed by atoms with Gasteiger partial charge in [0.15, 0.2) is 5.69 Å². The number of halogens is 1. The predicted molar refractivity (Wildman–Crippen MR) is 113 cm³/mol. The molecule has 0 spiro atoms. The van der Waals surface area contributed by atoms with E-state index in [0.717, 1.165) is 12.0 Å². The van der Waals surface area contributed by atoms with Crippen molar-refractivity contribution in [1.82, 2.24) is 25.3 Å². The van der Waals surface area contributed by atoms with Gasteiger partial charge in [-0.15, -0.1) is 0 Å². The standard InChI is InChI=1S/C22H28FN5O3/c1-3-15(2)25-20(29)9-10-24-21(30)18-13-19-22(31)27(11-4-12-28(19)26-18)14-16-5-7-17(23)8-6-16/h5-8,13,15H,3-4,9-12,14H2,1-2H3,(H,24,30)(H,25,29). The minimum atomic E-state index is -0.421. The lowest BCUT2D eigenvalue weighted by Gasteiger charge is -2.20. The third kappa shape index (κ3) is 5.90. The molecular formula is C22H28FN5O3. The van der Waals surface area contributed by atoms with Crippen molar-refractivity contribution < 1.29 is 18.8 Å². The zero-order chi connectivity index (χ0) is 22.4. The number of benzene rings is 1. The van der Waals surface area contributed by atoms with Gasteiger partial charge >= 0.3 is 0 Å². The Morgan fingerprint density at radius 1 is 1.23 bits per heavy atom. The van der Waals surface area contributed by atoms with Gasteiger partial charge in [0.2, 0.25) is 5.91 Å². The minimum absolute atomic E-state index is 0.0934. The average Bonchev–Trinajstić information content (AvgIpc) is 3.12. The Hall–Kier alpha value is -3.23. The Morgan fingerprint density at radius 2 is 1.97 bits per heavy atom. The van der Waals surface area contributed by atoms with Crippen molar-refractivity contribution in [2.75, 3.05) is 13.1 Å². The molecule has 1 aliphatic heterocycles. The number of amides is 3. The van der Waals surface area contributed by atoms with Crippen molar-refractivity contribution in [1.29, 1.82) is 0 Å². The van der Waals surface area contributed by atoms with E-state index in [4.69, 9.17) is 0 Å². The number of fused-ring (bicyclic) bond motifs is 1. The molecule has 3 rings (SSSR count). The van der Waals surface area contributed by atoms with Gasteiger partial charge in [0, 0.05) is 44.7 Å².